The Hall–Kier alpha value is -3.15. The number of para-hydroxylation sites is 1. The number of methoxy groups -OCH3 is 1. The Kier molecular flexibility index (Phi) is 5.22. The first kappa shape index (κ1) is 19.8. The molecule has 3 aromatic rings. The molecule has 5 heteroatoms. The van der Waals surface area contributed by atoms with Crippen molar-refractivity contribution in [1.82, 2.24) is 4.90 Å². The van der Waals surface area contributed by atoms with Crippen LogP contribution in [0, 0.1) is 0 Å². The number of fused-ring (bicyclic) bond motifs is 3. The minimum Gasteiger partial charge on any atom is -0.497 e. The van der Waals surface area contributed by atoms with Crippen molar-refractivity contribution in [2.45, 2.75) is 24.5 Å². The van der Waals surface area contributed by atoms with Crippen molar-refractivity contribution >= 4 is 11.6 Å². The number of likely N-dealkylation sites (tertiary alicyclic amines) is 1. The number of carbonyl (C=O) groups excluding carboxylic acids is 1. The number of aliphatic hydroxyl groups is 1. The van der Waals surface area contributed by atoms with Crippen LogP contribution in [-0.4, -0.2) is 48.3 Å². The van der Waals surface area contributed by atoms with Crippen LogP contribution in [-0.2, 0) is 6.54 Å². The topological polar surface area (TPSA) is 53.0 Å². The lowest BCUT2D eigenvalue weighted by atomic mass is 9.71. The van der Waals surface area contributed by atoms with E-state index in [0.717, 1.165) is 23.5 Å². The number of rotatable bonds is 5. The van der Waals surface area contributed by atoms with Crippen LogP contribution in [0.25, 0.3) is 0 Å². The molecule has 0 saturated carbocycles. The van der Waals surface area contributed by atoms with E-state index >= 15 is 0 Å². The van der Waals surface area contributed by atoms with Crippen LogP contribution in [0.2, 0.25) is 0 Å². The quantitative estimate of drug-likeness (QED) is 0.692. The van der Waals surface area contributed by atoms with Gasteiger partial charge in [0, 0.05) is 42.3 Å². The lowest BCUT2D eigenvalue weighted by molar-refractivity contribution is -0.0488. The number of hydrogen-bond donors (Lipinski definition) is 1. The maximum Gasteiger partial charge on any atom is 0.258 e. The third-order valence-electron chi connectivity index (χ3n) is 6.61. The highest BCUT2D eigenvalue weighted by molar-refractivity contribution is 6.07. The first-order valence-electron chi connectivity index (χ1n) is 10.7. The van der Waals surface area contributed by atoms with Crippen LogP contribution in [0.5, 0.6) is 5.75 Å². The van der Waals surface area contributed by atoms with E-state index in [1.54, 1.807) is 7.11 Å². The summed E-state index contributed by atoms with van der Waals surface area (Å²) in [5.41, 5.74) is 3.94. The number of anilines is 1. The van der Waals surface area contributed by atoms with Crippen LogP contribution in [0.1, 0.15) is 27.4 Å². The molecule has 0 aromatic heterocycles. The average molecular weight is 415 g/mol. The van der Waals surface area contributed by atoms with E-state index in [1.807, 2.05) is 65.6 Å². The van der Waals surface area contributed by atoms with Gasteiger partial charge in [-0.2, -0.15) is 0 Å². The van der Waals surface area contributed by atoms with Crippen LogP contribution in [0.4, 0.5) is 5.69 Å². The summed E-state index contributed by atoms with van der Waals surface area (Å²) in [7, 11) is 1.62. The number of aliphatic hydroxyl groups excluding tert-OH is 1. The summed E-state index contributed by atoms with van der Waals surface area (Å²) in [4.78, 5) is 17.7. The van der Waals surface area contributed by atoms with Gasteiger partial charge in [0.25, 0.3) is 5.91 Å². The van der Waals surface area contributed by atoms with Crippen molar-refractivity contribution in [3.8, 4) is 5.75 Å². The third kappa shape index (κ3) is 3.40. The van der Waals surface area contributed by atoms with E-state index < -0.39 is 0 Å². The second kappa shape index (κ2) is 8.17. The van der Waals surface area contributed by atoms with E-state index in [4.69, 9.17) is 4.74 Å². The van der Waals surface area contributed by atoms with Crippen molar-refractivity contribution in [2.75, 3.05) is 25.2 Å². The van der Waals surface area contributed by atoms with Gasteiger partial charge in [-0.05, 0) is 41.5 Å². The Bertz CT molecular complexity index is 1070. The predicted molar refractivity (Wildman–Crippen MR) is 121 cm³/mol. The van der Waals surface area contributed by atoms with Gasteiger partial charge in [0.05, 0.1) is 13.7 Å². The Labute approximate surface area is 182 Å². The average Bonchev–Trinajstić information content (AvgIpc) is 2.83. The van der Waals surface area contributed by atoms with Crippen molar-refractivity contribution in [3.63, 3.8) is 0 Å². The lowest BCUT2D eigenvalue weighted by Crippen LogP contribution is -2.68. The second-order valence-corrected chi connectivity index (χ2v) is 8.20. The zero-order chi connectivity index (χ0) is 21.4. The minimum absolute atomic E-state index is 0.0133. The number of ether oxygens (including phenoxy) is 1. The van der Waals surface area contributed by atoms with Gasteiger partial charge in [-0.1, -0.05) is 48.5 Å². The molecule has 2 aliphatic rings. The molecular formula is C26H26N2O3. The monoisotopic (exact) mass is 414 g/mol. The molecule has 1 saturated heterocycles. The minimum atomic E-state index is -0.0133. The molecule has 2 aliphatic heterocycles. The Morgan fingerprint density at radius 1 is 1.00 bits per heavy atom. The highest BCUT2D eigenvalue weighted by atomic mass is 16.5. The summed E-state index contributed by atoms with van der Waals surface area (Å²) in [6.07, 6.45) is 0. The summed E-state index contributed by atoms with van der Waals surface area (Å²) in [6, 6.07) is 25.9. The van der Waals surface area contributed by atoms with Gasteiger partial charge in [-0.3, -0.25) is 9.69 Å². The zero-order valence-corrected chi connectivity index (χ0v) is 17.5. The summed E-state index contributed by atoms with van der Waals surface area (Å²) in [5.74, 6) is 0.944. The van der Waals surface area contributed by atoms with Gasteiger partial charge in [-0.25, -0.2) is 0 Å². The van der Waals surface area contributed by atoms with Crippen molar-refractivity contribution in [1.29, 1.82) is 0 Å². The Morgan fingerprint density at radius 2 is 1.71 bits per heavy atom. The first-order chi connectivity index (χ1) is 15.2. The number of benzene rings is 3. The van der Waals surface area contributed by atoms with Crippen LogP contribution in [0.3, 0.4) is 0 Å². The fourth-order valence-electron chi connectivity index (χ4n) is 5.08. The van der Waals surface area contributed by atoms with Gasteiger partial charge in [-0.15, -0.1) is 0 Å². The summed E-state index contributed by atoms with van der Waals surface area (Å²) in [6.45, 7) is 1.48. The molecule has 1 fully saturated rings. The fraction of sp³-hybridized carbons (Fsp3) is 0.269. The molecular weight excluding hydrogens is 388 g/mol. The van der Waals surface area contributed by atoms with E-state index in [9.17, 15) is 9.90 Å². The highest BCUT2D eigenvalue weighted by Crippen LogP contribution is 2.48. The molecule has 0 bridgehead atoms. The molecule has 1 N–H and O–H groups in total. The molecule has 5 rings (SSSR count). The molecule has 158 valence electrons. The molecule has 0 spiro atoms. The van der Waals surface area contributed by atoms with E-state index in [-0.39, 0.29) is 30.5 Å². The normalized spacial score (nSPS) is 22.3. The fourth-order valence-corrected chi connectivity index (χ4v) is 5.08. The molecule has 0 unspecified atom stereocenters. The molecule has 1 amide bonds. The molecule has 31 heavy (non-hydrogen) atoms. The maximum atomic E-state index is 13.5. The number of amides is 1. The maximum absolute atomic E-state index is 13.5. The molecule has 2 heterocycles. The van der Waals surface area contributed by atoms with E-state index in [0.29, 0.717) is 12.1 Å². The number of carbonyl (C=O) groups is 1. The molecule has 0 radical (unpaired) electrons. The molecule has 5 nitrogen and oxygen atoms in total. The summed E-state index contributed by atoms with van der Waals surface area (Å²) in [5, 5.41) is 10.2. The Morgan fingerprint density at radius 3 is 2.42 bits per heavy atom. The van der Waals surface area contributed by atoms with E-state index in [1.165, 1.54) is 5.56 Å². The SMILES string of the molecule is COc1ccc(C(=O)N2C[C@H]3[C@@H](c4ccccc42)[C@H](CO)N3Cc2ccccc2)cc1. The van der Waals surface area contributed by atoms with Gasteiger partial charge in [0.15, 0.2) is 0 Å². The van der Waals surface area contributed by atoms with Crippen molar-refractivity contribution in [3.05, 3.63) is 95.6 Å². The molecule has 3 atom stereocenters. The third-order valence-corrected chi connectivity index (χ3v) is 6.61. The zero-order valence-electron chi connectivity index (χ0n) is 17.5. The molecule has 0 aliphatic carbocycles. The Balaban J connectivity index is 1.47. The van der Waals surface area contributed by atoms with Crippen LogP contribution >= 0.6 is 0 Å². The standard InChI is InChI=1S/C26H26N2O3/c1-31-20-13-11-19(12-14-20)26(30)28-16-23-25(21-9-5-6-10-22(21)28)24(17-29)27(23)15-18-7-3-2-4-8-18/h2-14,23-25,29H,15-17H2,1H3/t23-,24-,25+/m0/s1. The van der Waals surface area contributed by atoms with Crippen LogP contribution < -0.4 is 9.64 Å². The highest BCUT2D eigenvalue weighted by Gasteiger charge is 2.53. The van der Waals surface area contributed by atoms with Crippen LogP contribution in [0.15, 0.2) is 78.9 Å². The largest absolute Gasteiger partial charge is 0.497 e. The lowest BCUT2D eigenvalue weighted by Gasteiger charge is -2.59. The first-order valence-corrected chi connectivity index (χ1v) is 10.7. The summed E-state index contributed by atoms with van der Waals surface area (Å²) >= 11 is 0. The second-order valence-electron chi connectivity index (χ2n) is 8.20. The smallest absolute Gasteiger partial charge is 0.258 e. The van der Waals surface area contributed by atoms with Crippen molar-refractivity contribution in [2.24, 2.45) is 0 Å². The number of hydrogen-bond acceptors (Lipinski definition) is 4. The number of nitrogens with zero attached hydrogens (tertiary/aromatic N) is 2. The summed E-state index contributed by atoms with van der Waals surface area (Å²) < 4.78 is 5.23. The van der Waals surface area contributed by atoms with Gasteiger partial charge < -0.3 is 14.7 Å². The van der Waals surface area contributed by atoms with Gasteiger partial charge >= 0.3 is 0 Å². The van der Waals surface area contributed by atoms with Gasteiger partial charge in [0.2, 0.25) is 0 Å². The molecule has 3 aromatic carbocycles. The predicted octanol–water partition coefficient (Wildman–Crippen LogP) is 3.68. The van der Waals surface area contributed by atoms with Crippen molar-refractivity contribution < 1.29 is 14.6 Å². The van der Waals surface area contributed by atoms with Gasteiger partial charge in [0.1, 0.15) is 5.75 Å². The van der Waals surface area contributed by atoms with E-state index in [2.05, 4.69) is 23.1 Å².